The zero-order valence-electron chi connectivity index (χ0n) is 11.6. The second kappa shape index (κ2) is 4.96. The van der Waals surface area contributed by atoms with Crippen molar-refractivity contribution in [1.82, 2.24) is 0 Å². The van der Waals surface area contributed by atoms with Crippen LogP contribution in [0, 0.1) is 11.3 Å². The third-order valence-electron chi connectivity index (χ3n) is 5.71. The van der Waals surface area contributed by atoms with Gasteiger partial charge in [-0.05, 0) is 31.6 Å². The van der Waals surface area contributed by atoms with Gasteiger partial charge in [0.25, 0.3) is 0 Å². The van der Waals surface area contributed by atoms with E-state index in [-0.39, 0.29) is 11.5 Å². The number of rotatable bonds is 3. The topological polar surface area (TPSA) is 26.3 Å². The quantitative estimate of drug-likeness (QED) is 0.760. The molecule has 2 nitrogen and oxygen atoms in total. The molecule has 0 aromatic heterocycles. The summed E-state index contributed by atoms with van der Waals surface area (Å²) in [7, 11) is 0. The highest BCUT2D eigenvalue weighted by Gasteiger charge is 2.57. The van der Waals surface area contributed by atoms with Crippen LogP contribution in [0.1, 0.15) is 71.1 Å². The van der Waals surface area contributed by atoms with Gasteiger partial charge < -0.3 is 4.74 Å². The molecule has 1 spiro atoms. The Labute approximate surface area is 110 Å². The average Bonchev–Trinajstić information content (AvgIpc) is 2.91. The minimum absolute atomic E-state index is 0.0286. The molecule has 2 heteroatoms. The first-order chi connectivity index (χ1) is 8.74. The molecule has 18 heavy (non-hydrogen) atoms. The number of ketones is 1. The van der Waals surface area contributed by atoms with E-state index in [9.17, 15) is 4.79 Å². The second-order valence-electron chi connectivity index (χ2n) is 6.68. The summed E-state index contributed by atoms with van der Waals surface area (Å²) >= 11 is 0. The molecule has 102 valence electrons. The molecule has 3 unspecified atom stereocenters. The standard InChI is InChI=1S/C16H26O2/c1-2-12-6-5-7-13(10-12)18-15-11-14(17)16(15)8-3-4-9-16/h12-13,15H,2-11H2,1H3. The minimum Gasteiger partial charge on any atom is -0.373 e. The summed E-state index contributed by atoms with van der Waals surface area (Å²) in [5.41, 5.74) is -0.0286. The molecular weight excluding hydrogens is 224 g/mol. The van der Waals surface area contributed by atoms with Crippen LogP contribution in [0.3, 0.4) is 0 Å². The predicted octanol–water partition coefficient (Wildman–Crippen LogP) is 3.87. The van der Waals surface area contributed by atoms with Gasteiger partial charge in [-0.1, -0.05) is 39.0 Å². The number of carbonyl (C=O) groups is 1. The highest BCUT2D eigenvalue weighted by Crippen LogP contribution is 2.52. The fourth-order valence-electron chi connectivity index (χ4n) is 4.37. The van der Waals surface area contributed by atoms with E-state index in [0.29, 0.717) is 18.3 Å². The van der Waals surface area contributed by atoms with Gasteiger partial charge in [-0.3, -0.25) is 4.79 Å². The Hall–Kier alpha value is -0.370. The molecule has 0 N–H and O–H groups in total. The Morgan fingerprint density at radius 3 is 2.67 bits per heavy atom. The van der Waals surface area contributed by atoms with E-state index >= 15 is 0 Å². The van der Waals surface area contributed by atoms with Gasteiger partial charge >= 0.3 is 0 Å². The van der Waals surface area contributed by atoms with Crippen LogP contribution in [0.5, 0.6) is 0 Å². The molecule has 3 saturated carbocycles. The summed E-state index contributed by atoms with van der Waals surface area (Å²) in [6.07, 6.45) is 12.5. The third-order valence-corrected chi connectivity index (χ3v) is 5.71. The van der Waals surface area contributed by atoms with Gasteiger partial charge in [-0.15, -0.1) is 0 Å². The van der Waals surface area contributed by atoms with Crippen LogP contribution in [-0.2, 0) is 9.53 Å². The second-order valence-corrected chi connectivity index (χ2v) is 6.68. The van der Waals surface area contributed by atoms with Gasteiger partial charge in [-0.25, -0.2) is 0 Å². The lowest BCUT2D eigenvalue weighted by molar-refractivity contribution is -0.174. The van der Waals surface area contributed by atoms with Gasteiger partial charge in [0.2, 0.25) is 0 Å². The lowest BCUT2D eigenvalue weighted by Gasteiger charge is -2.47. The van der Waals surface area contributed by atoms with Crippen molar-refractivity contribution in [2.45, 2.75) is 83.3 Å². The van der Waals surface area contributed by atoms with Crippen molar-refractivity contribution in [3.63, 3.8) is 0 Å². The van der Waals surface area contributed by atoms with Gasteiger partial charge in [0.05, 0.1) is 17.6 Å². The highest BCUT2D eigenvalue weighted by atomic mass is 16.5. The summed E-state index contributed by atoms with van der Waals surface area (Å²) < 4.78 is 6.35. The fourth-order valence-corrected chi connectivity index (χ4v) is 4.37. The molecule has 0 aliphatic heterocycles. The zero-order chi connectivity index (χ0) is 12.6. The predicted molar refractivity (Wildman–Crippen MR) is 71.4 cm³/mol. The van der Waals surface area contributed by atoms with Gasteiger partial charge in [0, 0.05) is 6.42 Å². The molecule has 0 radical (unpaired) electrons. The first-order valence-corrected chi connectivity index (χ1v) is 7.93. The zero-order valence-corrected chi connectivity index (χ0v) is 11.6. The van der Waals surface area contributed by atoms with Crippen molar-refractivity contribution in [3.05, 3.63) is 0 Å². The molecule has 0 aromatic carbocycles. The molecular formula is C16H26O2. The van der Waals surface area contributed by atoms with Crippen LogP contribution in [0.2, 0.25) is 0 Å². The first kappa shape index (κ1) is 12.7. The molecule has 3 atom stereocenters. The van der Waals surface area contributed by atoms with Crippen LogP contribution >= 0.6 is 0 Å². The number of Topliss-reactive ketones (excluding diaryl/α,β-unsaturated/α-hetero) is 1. The highest BCUT2D eigenvalue weighted by molar-refractivity contribution is 5.92. The van der Waals surface area contributed by atoms with E-state index < -0.39 is 0 Å². The SMILES string of the molecule is CCC1CCCC(OC2CC(=O)C23CCCC3)C1. The molecule has 3 aliphatic rings. The van der Waals surface area contributed by atoms with Crippen molar-refractivity contribution in [1.29, 1.82) is 0 Å². The number of ether oxygens (including phenoxy) is 1. The van der Waals surface area contributed by atoms with Crippen LogP contribution in [0.4, 0.5) is 0 Å². The van der Waals surface area contributed by atoms with Crippen molar-refractivity contribution in [3.8, 4) is 0 Å². The maximum Gasteiger partial charge on any atom is 0.144 e. The lowest BCUT2D eigenvalue weighted by Crippen LogP contribution is -2.55. The van der Waals surface area contributed by atoms with Crippen LogP contribution in [-0.4, -0.2) is 18.0 Å². The largest absolute Gasteiger partial charge is 0.373 e. The van der Waals surface area contributed by atoms with Crippen LogP contribution < -0.4 is 0 Å². The van der Waals surface area contributed by atoms with Crippen molar-refractivity contribution < 1.29 is 9.53 Å². The van der Waals surface area contributed by atoms with E-state index in [1.54, 1.807) is 0 Å². The Morgan fingerprint density at radius 1 is 1.22 bits per heavy atom. The summed E-state index contributed by atoms with van der Waals surface area (Å²) in [5, 5.41) is 0. The molecule has 0 heterocycles. The molecule has 3 rings (SSSR count). The number of carbonyl (C=O) groups excluding carboxylic acids is 1. The molecule has 0 aromatic rings. The van der Waals surface area contributed by atoms with Gasteiger partial charge in [0.1, 0.15) is 5.78 Å². The van der Waals surface area contributed by atoms with E-state index in [1.807, 2.05) is 0 Å². The molecule has 0 bridgehead atoms. The van der Waals surface area contributed by atoms with E-state index in [4.69, 9.17) is 4.74 Å². The molecule has 3 fully saturated rings. The Morgan fingerprint density at radius 2 is 2.00 bits per heavy atom. The fraction of sp³-hybridized carbons (Fsp3) is 0.938. The smallest absolute Gasteiger partial charge is 0.144 e. The lowest BCUT2D eigenvalue weighted by atomic mass is 9.63. The van der Waals surface area contributed by atoms with E-state index in [2.05, 4.69) is 6.92 Å². The summed E-state index contributed by atoms with van der Waals surface area (Å²) in [6.45, 7) is 2.29. The number of hydrogen-bond acceptors (Lipinski definition) is 2. The Balaban J connectivity index is 1.58. The van der Waals surface area contributed by atoms with Crippen molar-refractivity contribution in [2.24, 2.45) is 11.3 Å². The van der Waals surface area contributed by atoms with Crippen LogP contribution in [0.15, 0.2) is 0 Å². The van der Waals surface area contributed by atoms with Gasteiger partial charge in [-0.2, -0.15) is 0 Å². The molecule has 3 aliphatic carbocycles. The molecule has 0 amide bonds. The maximum absolute atomic E-state index is 11.9. The average molecular weight is 250 g/mol. The normalized spacial score (nSPS) is 38.9. The first-order valence-electron chi connectivity index (χ1n) is 7.93. The maximum atomic E-state index is 11.9. The summed E-state index contributed by atoms with van der Waals surface area (Å²) in [4.78, 5) is 11.9. The summed E-state index contributed by atoms with van der Waals surface area (Å²) in [5.74, 6) is 1.35. The minimum atomic E-state index is -0.0286. The summed E-state index contributed by atoms with van der Waals surface area (Å²) in [6, 6.07) is 0. The van der Waals surface area contributed by atoms with E-state index in [1.165, 1.54) is 44.9 Å². The monoisotopic (exact) mass is 250 g/mol. The molecule has 0 saturated heterocycles. The third kappa shape index (κ3) is 2.03. The Kier molecular flexibility index (Phi) is 3.48. The number of hydrogen-bond donors (Lipinski definition) is 0. The van der Waals surface area contributed by atoms with E-state index in [0.717, 1.165) is 18.8 Å². The van der Waals surface area contributed by atoms with Crippen molar-refractivity contribution in [2.75, 3.05) is 0 Å². The van der Waals surface area contributed by atoms with Crippen molar-refractivity contribution >= 4 is 5.78 Å². The Bertz CT molecular complexity index is 317. The van der Waals surface area contributed by atoms with Crippen LogP contribution in [0.25, 0.3) is 0 Å². The van der Waals surface area contributed by atoms with Gasteiger partial charge in [0.15, 0.2) is 0 Å².